The predicted molar refractivity (Wildman–Crippen MR) is 125 cm³/mol. The molecular formula is C26H29N3O3. The fourth-order valence-electron chi connectivity index (χ4n) is 5.50. The number of aromatic amines is 1. The highest BCUT2D eigenvalue weighted by Gasteiger charge is 2.40. The van der Waals surface area contributed by atoms with Crippen molar-refractivity contribution in [2.75, 3.05) is 32.0 Å². The number of nitrogens with two attached hydrogens (primary N) is 1. The summed E-state index contributed by atoms with van der Waals surface area (Å²) in [6.07, 6.45) is 2.19. The predicted octanol–water partition coefficient (Wildman–Crippen LogP) is 3.86. The van der Waals surface area contributed by atoms with Crippen LogP contribution < -0.4 is 10.5 Å². The first-order chi connectivity index (χ1) is 15.4. The van der Waals surface area contributed by atoms with E-state index in [1.807, 2.05) is 30.3 Å². The van der Waals surface area contributed by atoms with Crippen molar-refractivity contribution >= 4 is 22.4 Å². The van der Waals surface area contributed by atoms with Crippen LogP contribution in [0.1, 0.15) is 53.9 Å². The number of nitrogens with one attached hydrogen (secondary N) is 1. The van der Waals surface area contributed by atoms with Gasteiger partial charge in [-0.1, -0.05) is 26.0 Å². The Hall–Kier alpha value is -2.83. The number of H-pyrrole nitrogens is 1. The summed E-state index contributed by atoms with van der Waals surface area (Å²) in [6, 6.07) is 12.3. The number of rotatable bonds is 3. The van der Waals surface area contributed by atoms with Crippen LogP contribution in [0.5, 0.6) is 5.75 Å². The normalized spacial score (nSPS) is 21.2. The number of ketones is 1. The van der Waals surface area contributed by atoms with Crippen LogP contribution in [0.4, 0.5) is 5.69 Å². The molecule has 1 aromatic heterocycles. The second-order valence-electron chi connectivity index (χ2n) is 9.89. The van der Waals surface area contributed by atoms with Gasteiger partial charge in [0.25, 0.3) is 0 Å². The molecule has 2 fully saturated rings. The van der Waals surface area contributed by atoms with Crippen molar-refractivity contribution < 1.29 is 14.3 Å². The summed E-state index contributed by atoms with van der Waals surface area (Å²) < 4.78 is 11.7. The average molecular weight is 432 g/mol. The standard InChI is InChI=1S/C26H29N3O3/c1-26(2)21-6-4-18(32-17-7-9-29(10-8-17)16-13-31-14-16)12-20(21)24(30)23-19-5-3-15(27)11-22(19)28-25(23)26/h3-6,11-12,16-17,28H,7-10,13-14,27H2,1-2H3. The van der Waals surface area contributed by atoms with Crippen molar-refractivity contribution in [3.63, 3.8) is 0 Å². The van der Waals surface area contributed by atoms with E-state index in [9.17, 15) is 4.79 Å². The summed E-state index contributed by atoms with van der Waals surface area (Å²) in [7, 11) is 0. The fraction of sp³-hybridized carbons (Fsp3) is 0.423. The van der Waals surface area contributed by atoms with Crippen LogP contribution >= 0.6 is 0 Å². The van der Waals surface area contributed by atoms with Gasteiger partial charge in [0.2, 0.25) is 0 Å². The van der Waals surface area contributed by atoms with Gasteiger partial charge < -0.3 is 20.2 Å². The molecule has 0 bridgehead atoms. The third-order valence-electron chi connectivity index (χ3n) is 7.50. The topological polar surface area (TPSA) is 80.6 Å². The van der Waals surface area contributed by atoms with Crippen LogP contribution in [-0.4, -0.2) is 54.1 Å². The fourth-order valence-corrected chi connectivity index (χ4v) is 5.50. The number of carbonyl (C=O) groups is 1. The van der Waals surface area contributed by atoms with Crippen LogP contribution in [0.15, 0.2) is 36.4 Å². The van der Waals surface area contributed by atoms with E-state index in [0.29, 0.717) is 11.7 Å². The first kappa shape index (κ1) is 19.8. The molecule has 166 valence electrons. The first-order valence-corrected chi connectivity index (χ1v) is 11.5. The lowest BCUT2D eigenvalue weighted by atomic mass is 9.71. The van der Waals surface area contributed by atoms with Gasteiger partial charge >= 0.3 is 0 Å². The second kappa shape index (κ2) is 7.09. The number of ether oxygens (including phenoxy) is 2. The van der Waals surface area contributed by atoms with Gasteiger partial charge in [-0.05, 0) is 42.7 Å². The lowest BCUT2D eigenvalue weighted by molar-refractivity contribution is -0.0778. The molecule has 0 radical (unpaired) electrons. The van der Waals surface area contributed by atoms with Crippen molar-refractivity contribution in [2.24, 2.45) is 0 Å². The maximum atomic E-state index is 13.6. The summed E-state index contributed by atoms with van der Waals surface area (Å²) in [5.41, 5.74) is 10.7. The lowest BCUT2D eigenvalue weighted by Crippen LogP contribution is -2.52. The lowest BCUT2D eigenvalue weighted by Gasteiger charge is -2.41. The van der Waals surface area contributed by atoms with E-state index in [0.717, 1.165) is 78.2 Å². The molecule has 3 heterocycles. The van der Waals surface area contributed by atoms with Crippen molar-refractivity contribution in [3.8, 4) is 5.75 Å². The van der Waals surface area contributed by atoms with Crippen molar-refractivity contribution in [1.29, 1.82) is 0 Å². The van der Waals surface area contributed by atoms with Gasteiger partial charge in [0.05, 0.1) is 24.8 Å². The number of hydrogen-bond donors (Lipinski definition) is 2. The van der Waals surface area contributed by atoms with Crippen LogP contribution in [-0.2, 0) is 10.2 Å². The zero-order chi connectivity index (χ0) is 22.0. The molecule has 6 rings (SSSR count). The van der Waals surface area contributed by atoms with Gasteiger partial charge in [-0.25, -0.2) is 0 Å². The molecule has 1 aliphatic carbocycles. The van der Waals surface area contributed by atoms with Crippen LogP contribution in [0.3, 0.4) is 0 Å². The molecule has 0 atom stereocenters. The Kier molecular flexibility index (Phi) is 4.39. The quantitative estimate of drug-likeness (QED) is 0.616. The van der Waals surface area contributed by atoms with E-state index >= 15 is 0 Å². The third-order valence-corrected chi connectivity index (χ3v) is 7.50. The molecule has 6 heteroatoms. The van der Waals surface area contributed by atoms with Crippen LogP contribution in [0.25, 0.3) is 10.9 Å². The average Bonchev–Trinajstić information content (AvgIpc) is 3.12. The number of piperidine rings is 1. The van der Waals surface area contributed by atoms with E-state index < -0.39 is 0 Å². The van der Waals surface area contributed by atoms with Crippen LogP contribution in [0.2, 0.25) is 0 Å². The molecule has 3 aliphatic rings. The number of fused-ring (bicyclic) bond motifs is 4. The SMILES string of the molecule is CC1(C)c2ccc(OC3CCN(C4COC4)CC3)cc2C(=O)c2c1[nH]c1cc(N)ccc21. The summed E-state index contributed by atoms with van der Waals surface area (Å²) in [5.74, 6) is 0.835. The highest BCUT2D eigenvalue weighted by molar-refractivity contribution is 6.20. The highest BCUT2D eigenvalue weighted by Crippen LogP contribution is 2.44. The Labute approximate surface area is 187 Å². The summed E-state index contributed by atoms with van der Waals surface area (Å²) in [5, 5.41) is 0.927. The number of aromatic nitrogens is 1. The van der Waals surface area contributed by atoms with Crippen LogP contribution in [0, 0.1) is 0 Å². The smallest absolute Gasteiger partial charge is 0.195 e. The van der Waals surface area contributed by atoms with Gasteiger partial charge in [0.15, 0.2) is 5.78 Å². The summed E-state index contributed by atoms with van der Waals surface area (Å²) in [6.45, 7) is 8.12. The molecule has 0 amide bonds. The molecular weight excluding hydrogens is 402 g/mol. The van der Waals surface area contributed by atoms with Gasteiger partial charge in [0.1, 0.15) is 11.9 Å². The molecule has 3 N–H and O–H groups in total. The van der Waals surface area contributed by atoms with E-state index in [1.165, 1.54) is 0 Å². The van der Waals surface area contributed by atoms with Gasteiger partial charge in [-0.15, -0.1) is 0 Å². The number of benzene rings is 2. The van der Waals surface area contributed by atoms with Crippen molar-refractivity contribution in [1.82, 2.24) is 9.88 Å². The van der Waals surface area contributed by atoms with E-state index in [1.54, 1.807) is 0 Å². The van der Waals surface area contributed by atoms with E-state index in [2.05, 4.69) is 29.8 Å². The zero-order valence-corrected chi connectivity index (χ0v) is 18.6. The molecule has 0 saturated carbocycles. The number of nitrogens with zero attached hydrogens (tertiary/aromatic N) is 1. The number of carbonyl (C=O) groups excluding carboxylic acids is 1. The summed E-state index contributed by atoms with van der Waals surface area (Å²) >= 11 is 0. The molecule has 0 unspecified atom stereocenters. The highest BCUT2D eigenvalue weighted by atomic mass is 16.5. The number of likely N-dealkylation sites (tertiary alicyclic amines) is 1. The minimum Gasteiger partial charge on any atom is -0.490 e. The Balaban J connectivity index is 1.29. The van der Waals surface area contributed by atoms with Gasteiger partial charge in [-0.2, -0.15) is 0 Å². The van der Waals surface area contributed by atoms with Crippen molar-refractivity contribution in [2.45, 2.75) is 44.2 Å². The Morgan fingerprint density at radius 1 is 1.12 bits per heavy atom. The second-order valence-corrected chi connectivity index (χ2v) is 9.89. The molecule has 3 aromatic rings. The van der Waals surface area contributed by atoms with E-state index in [4.69, 9.17) is 15.2 Å². The third kappa shape index (κ3) is 2.97. The largest absolute Gasteiger partial charge is 0.490 e. The number of nitrogen functional groups attached to an aromatic ring is 1. The molecule has 6 nitrogen and oxygen atoms in total. The number of hydrogen-bond acceptors (Lipinski definition) is 5. The Morgan fingerprint density at radius 2 is 1.91 bits per heavy atom. The minimum absolute atomic E-state index is 0.0515. The first-order valence-electron chi connectivity index (χ1n) is 11.5. The molecule has 0 spiro atoms. The Morgan fingerprint density at radius 3 is 2.62 bits per heavy atom. The molecule has 2 aliphatic heterocycles. The van der Waals surface area contributed by atoms with Gasteiger partial charge in [-0.3, -0.25) is 9.69 Å². The molecule has 32 heavy (non-hydrogen) atoms. The molecule has 2 aromatic carbocycles. The number of anilines is 1. The molecule has 2 saturated heterocycles. The Bertz CT molecular complexity index is 1220. The van der Waals surface area contributed by atoms with Crippen molar-refractivity contribution in [3.05, 3.63) is 58.8 Å². The minimum atomic E-state index is -0.318. The summed E-state index contributed by atoms with van der Waals surface area (Å²) in [4.78, 5) is 19.6. The maximum absolute atomic E-state index is 13.6. The zero-order valence-electron chi connectivity index (χ0n) is 18.6. The van der Waals surface area contributed by atoms with Gasteiger partial charge in [0, 0.05) is 46.4 Å². The maximum Gasteiger partial charge on any atom is 0.195 e. The van der Waals surface area contributed by atoms with E-state index in [-0.39, 0.29) is 17.3 Å². The monoisotopic (exact) mass is 431 g/mol.